The molecule has 108 valence electrons. The molecular formula is C15H19FN2O2. The van der Waals surface area contributed by atoms with Crippen LogP contribution in [0.2, 0.25) is 0 Å². The van der Waals surface area contributed by atoms with Gasteiger partial charge in [0.2, 0.25) is 11.8 Å². The Bertz CT molecular complexity index is 531. The maximum atomic E-state index is 14.1. The fourth-order valence-electron chi connectivity index (χ4n) is 2.50. The lowest BCUT2D eigenvalue weighted by atomic mass is 10.0. The molecule has 2 amide bonds. The molecule has 5 heteroatoms. The van der Waals surface area contributed by atoms with E-state index in [9.17, 15) is 14.0 Å². The maximum Gasteiger partial charge on any atom is 0.249 e. The van der Waals surface area contributed by atoms with Crippen molar-refractivity contribution in [1.82, 2.24) is 5.32 Å². The Hall–Kier alpha value is -1.91. The summed E-state index contributed by atoms with van der Waals surface area (Å²) in [7, 11) is 1.68. The van der Waals surface area contributed by atoms with Crippen LogP contribution in [0.1, 0.15) is 31.7 Å². The molecule has 1 aliphatic heterocycles. The van der Waals surface area contributed by atoms with Gasteiger partial charge in [0.05, 0.1) is 5.69 Å². The molecule has 1 unspecified atom stereocenters. The molecule has 20 heavy (non-hydrogen) atoms. The Balaban J connectivity index is 2.18. The SMILES string of the molecule is CCCc1ccc(N(C)C2CCC(=O)NC2=O)c(F)c1. The van der Waals surface area contributed by atoms with Gasteiger partial charge in [-0.25, -0.2) is 4.39 Å². The van der Waals surface area contributed by atoms with E-state index in [-0.39, 0.29) is 24.1 Å². The van der Waals surface area contributed by atoms with Gasteiger partial charge >= 0.3 is 0 Å². The van der Waals surface area contributed by atoms with Crippen molar-refractivity contribution >= 4 is 17.5 Å². The average Bonchev–Trinajstić information content (AvgIpc) is 2.38. The topological polar surface area (TPSA) is 49.4 Å². The Morgan fingerprint density at radius 2 is 2.15 bits per heavy atom. The standard InChI is InChI=1S/C15H19FN2O2/c1-3-4-10-5-6-12(11(16)9-10)18(2)13-7-8-14(19)17-15(13)20/h5-6,9,13H,3-4,7-8H2,1-2H3,(H,17,19,20). The van der Waals surface area contributed by atoms with Crippen molar-refractivity contribution in [3.05, 3.63) is 29.6 Å². The predicted octanol–water partition coefficient (Wildman–Crippen LogP) is 2.02. The smallest absolute Gasteiger partial charge is 0.249 e. The second-order valence-electron chi connectivity index (χ2n) is 5.11. The van der Waals surface area contributed by atoms with E-state index >= 15 is 0 Å². The predicted molar refractivity (Wildman–Crippen MR) is 75.0 cm³/mol. The van der Waals surface area contributed by atoms with Crippen molar-refractivity contribution < 1.29 is 14.0 Å². The van der Waals surface area contributed by atoms with Crippen LogP contribution in [0, 0.1) is 5.82 Å². The highest BCUT2D eigenvalue weighted by Gasteiger charge is 2.30. The lowest BCUT2D eigenvalue weighted by Gasteiger charge is -2.31. The van der Waals surface area contributed by atoms with Gasteiger partial charge in [-0.1, -0.05) is 19.4 Å². The molecule has 1 heterocycles. The summed E-state index contributed by atoms with van der Waals surface area (Å²) in [6, 6.07) is 4.59. The molecule has 4 nitrogen and oxygen atoms in total. The number of imide groups is 1. The van der Waals surface area contributed by atoms with Gasteiger partial charge in [0, 0.05) is 13.5 Å². The molecule has 1 aromatic carbocycles. The number of rotatable bonds is 4. The molecular weight excluding hydrogens is 259 g/mol. The largest absolute Gasteiger partial charge is 0.360 e. The second-order valence-corrected chi connectivity index (χ2v) is 5.11. The van der Waals surface area contributed by atoms with Crippen LogP contribution in [0.5, 0.6) is 0 Å². The molecule has 1 N–H and O–H groups in total. The van der Waals surface area contributed by atoms with Gasteiger partial charge in [-0.2, -0.15) is 0 Å². The Morgan fingerprint density at radius 1 is 1.40 bits per heavy atom. The quantitative estimate of drug-likeness (QED) is 0.857. The third kappa shape index (κ3) is 2.98. The summed E-state index contributed by atoms with van der Waals surface area (Å²) in [4.78, 5) is 24.5. The van der Waals surface area contributed by atoms with Crippen molar-refractivity contribution in [3.8, 4) is 0 Å². The van der Waals surface area contributed by atoms with Crippen molar-refractivity contribution in [1.29, 1.82) is 0 Å². The number of carbonyl (C=O) groups is 2. The zero-order valence-corrected chi connectivity index (χ0v) is 11.8. The highest BCUT2D eigenvalue weighted by atomic mass is 19.1. The molecule has 1 atom stereocenters. The third-order valence-electron chi connectivity index (χ3n) is 3.61. The number of carbonyl (C=O) groups excluding carboxylic acids is 2. The van der Waals surface area contributed by atoms with Gasteiger partial charge in [0.15, 0.2) is 0 Å². The first kappa shape index (κ1) is 14.5. The van der Waals surface area contributed by atoms with Gasteiger partial charge in [-0.3, -0.25) is 14.9 Å². The van der Waals surface area contributed by atoms with Gasteiger partial charge < -0.3 is 4.90 Å². The Kier molecular flexibility index (Phi) is 4.37. The molecule has 1 aromatic rings. The number of nitrogens with one attached hydrogen (secondary N) is 1. The molecule has 0 radical (unpaired) electrons. The number of benzene rings is 1. The highest BCUT2D eigenvalue weighted by molar-refractivity contribution is 6.01. The third-order valence-corrected chi connectivity index (χ3v) is 3.61. The monoisotopic (exact) mass is 278 g/mol. The maximum absolute atomic E-state index is 14.1. The van der Waals surface area contributed by atoms with E-state index in [0.717, 1.165) is 18.4 Å². The summed E-state index contributed by atoms with van der Waals surface area (Å²) in [5.74, 6) is -0.956. The number of anilines is 1. The molecule has 1 fully saturated rings. The van der Waals surface area contributed by atoms with Crippen molar-refractivity contribution in [2.45, 2.75) is 38.6 Å². The molecule has 0 bridgehead atoms. The lowest BCUT2D eigenvalue weighted by Crippen LogP contribution is -2.51. The number of halogens is 1. The minimum absolute atomic E-state index is 0.265. The van der Waals surface area contributed by atoms with Crippen LogP contribution in [-0.4, -0.2) is 24.9 Å². The zero-order chi connectivity index (χ0) is 14.7. The normalized spacial score (nSPS) is 18.9. The number of aryl methyl sites for hydroxylation is 1. The molecule has 1 saturated heterocycles. The van der Waals surface area contributed by atoms with Gasteiger partial charge in [0.25, 0.3) is 0 Å². The number of nitrogens with zero attached hydrogens (tertiary/aromatic N) is 1. The van der Waals surface area contributed by atoms with Crippen LogP contribution in [-0.2, 0) is 16.0 Å². The number of hydrogen-bond donors (Lipinski definition) is 1. The minimum Gasteiger partial charge on any atom is -0.360 e. The lowest BCUT2D eigenvalue weighted by molar-refractivity contribution is -0.134. The fourth-order valence-corrected chi connectivity index (χ4v) is 2.50. The molecule has 0 spiro atoms. The van der Waals surface area contributed by atoms with Crippen LogP contribution in [0.4, 0.5) is 10.1 Å². The summed E-state index contributed by atoms with van der Waals surface area (Å²) in [6.07, 6.45) is 2.49. The molecule has 0 aliphatic carbocycles. The van der Waals surface area contributed by atoms with E-state index in [4.69, 9.17) is 0 Å². The summed E-state index contributed by atoms with van der Waals surface area (Å²) in [5, 5.41) is 2.29. The number of likely N-dealkylation sites (N-methyl/N-ethyl adjacent to an activating group) is 1. The van der Waals surface area contributed by atoms with Crippen LogP contribution in [0.15, 0.2) is 18.2 Å². The van der Waals surface area contributed by atoms with E-state index in [1.807, 2.05) is 13.0 Å². The molecule has 1 aliphatic rings. The van der Waals surface area contributed by atoms with Gasteiger partial charge in [-0.15, -0.1) is 0 Å². The van der Waals surface area contributed by atoms with E-state index in [2.05, 4.69) is 5.32 Å². The molecule has 2 rings (SSSR count). The van der Waals surface area contributed by atoms with Crippen LogP contribution in [0.25, 0.3) is 0 Å². The summed E-state index contributed by atoms with van der Waals surface area (Å²) in [6.45, 7) is 2.04. The first-order valence-corrected chi connectivity index (χ1v) is 6.88. The van der Waals surface area contributed by atoms with Crippen molar-refractivity contribution in [2.75, 3.05) is 11.9 Å². The minimum atomic E-state index is -0.501. The van der Waals surface area contributed by atoms with Crippen LogP contribution < -0.4 is 10.2 Å². The second kappa shape index (κ2) is 6.03. The Labute approximate surface area is 118 Å². The Morgan fingerprint density at radius 3 is 2.75 bits per heavy atom. The molecule has 0 saturated carbocycles. The van der Waals surface area contributed by atoms with E-state index in [1.54, 1.807) is 18.0 Å². The molecule has 0 aromatic heterocycles. The first-order chi connectivity index (χ1) is 9.52. The van der Waals surface area contributed by atoms with Crippen molar-refractivity contribution in [2.24, 2.45) is 0 Å². The van der Waals surface area contributed by atoms with Gasteiger partial charge in [-0.05, 0) is 30.5 Å². The van der Waals surface area contributed by atoms with Crippen LogP contribution >= 0.6 is 0 Å². The summed E-state index contributed by atoms with van der Waals surface area (Å²) in [5.41, 5.74) is 1.34. The van der Waals surface area contributed by atoms with Crippen molar-refractivity contribution in [3.63, 3.8) is 0 Å². The summed E-state index contributed by atoms with van der Waals surface area (Å²) >= 11 is 0. The van der Waals surface area contributed by atoms with E-state index < -0.39 is 6.04 Å². The summed E-state index contributed by atoms with van der Waals surface area (Å²) < 4.78 is 14.1. The van der Waals surface area contributed by atoms with E-state index in [0.29, 0.717) is 12.1 Å². The first-order valence-electron chi connectivity index (χ1n) is 6.88. The number of amides is 2. The van der Waals surface area contributed by atoms with Crippen LogP contribution in [0.3, 0.4) is 0 Å². The average molecular weight is 278 g/mol. The number of hydrogen-bond acceptors (Lipinski definition) is 3. The van der Waals surface area contributed by atoms with E-state index in [1.165, 1.54) is 6.07 Å². The fraction of sp³-hybridized carbons (Fsp3) is 0.467. The van der Waals surface area contributed by atoms with Gasteiger partial charge in [0.1, 0.15) is 11.9 Å². The zero-order valence-electron chi connectivity index (χ0n) is 11.8. The number of piperidine rings is 1. The highest BCUT2D eigenvalue weighted by Crippen LogP contribution is 2.24.